The molecule has 2 aromatic rings. The van der Waals surface area contributed by atoms with Gasteiger partial charge in [0, 0.05) is 31.0 Å². The number of aliphatic hydroxyl groups is 1. The first-order valence-electron chi connectivity index (χ1n) is 10.1. The summed E-state index contributed by atoms with van der Waals surface area (Å²) in [6, 6.07) is 9.18. The van der Waals surface area contributed by atoms with Crippen molar-refractivity contribution in [2.75, 3.05) is 13.1 Å². The minimum atomic E-state index is -1.31. The summed E-state index contributed by atoms with van der Waals surface area (Å²) >= 11 is 0. The number of carboxylic acid groups (broad SMARTS) is 1. The van der Waals surface area contributed by atoms with Crippen molar-refractivity contribution in [2.45, 2.75) is 45.8 Å². The average Bonchev–Trinajstić information content (AvgIpc) is 3.20. The zero-order valence-electron chi connectivity index (χ0n) is 17.0. The third kappa shape index (κ3) is 4.67. The van der Waals surface area contributed by atoms with E-state index in [1.54, 1.807) is 21.8 Å². The Morgan fingerprint density at radius 1 is 1.31 bits per heavy atom. The van der Waals surface area contributed by atoms with E-state index in [0.717, 1.165) is 5.56 Å². The van der Waals surface area contributed by atoms with Crippen molar-refractivity contribution in [3.8, 4) is 0 Å². The van der Waals surface area contributed by atoms with Crippen molar-refractivity contribution in [3.05, 3.63) is 53.9 Å². The number of likely N-dealkylation sites (tertiary alicyclic amines) is 1. The highest BCUT2D eigenvalue weighted by Crippen LogP contribution is 2.37. The van der Waals surface area contributed by atoms with Gasteiger partial charge < -0.3 is 15.1 Å². The number of amides is 1. The number of aliphatic hydroxyl groups excluding tert-OH is 1. The van der Waals surface area contributed by atoms with Crippen molar-refractivity contribution in [2.24, 2.45) is 11.3 Å². The lowest BCUT2D eigenvalue weighted by Crippen LogP contribution is -2.57. The summed E-state index contributed by atoms with van der Waals surface area (Å²) in [6.45, 7) is 4.98. The molecular weight excluding hydrogens is 370 g/mol. The van der Waals surface area contributed by atoms with Gasteiger partial charge in [0.15, 0.2) is 0 Å². The molecule has 1 amide bonds. The van der Waals surface area contributed by atoms with Gasteiger partial charge in [-0.15, -0.1) is 0 Å². The summed E-state index contributed by atoms with van der Waals surface area (Å²) < 4.78 is 1.78. The molecule has 0 aliphatic carbocycles. The molecule has 1 aliphatic rings. The van der Waals surface area contributed by atoms with Crippen LogP contribution < -0.4 is 0 Å². The molecule has 2 atom stereocenters. The molecule has 0 saturated carbocycles. The Morgan fingerprint density at radius 3 is 2.76 bits per heavy atom. The van der Waals surface area contributed by atoms with Crippen molar-refractivity contribution in [3.63, 3.8) is 0 Å². The number of aliphatic carboxylic acids is 1. The van der Waals surface area contributed by atoms with Gasteiger partial charge >= 0.3 is 5.97 Å². The van der Waals surface area contributed by atoms with Gasteiger partial charge in [-0.2, -0.15) is 5.10 Å². The van der Waals surface area contributed by atoms with Crippen LogP contribution in [0.3, 0.4) is 0 Å². The summed E-state index contributed by atoms with van der Waals surface area (Å²) in [7, 11) is 0. The lowest BCUT2D eigenvalue weighted by Gasteiger charge is -2.43. The molecule has 1 fully saturated rings. The molecule has 1 aromatic heterocycles. The normalized spacial score (nSPS) is 22.1. The molecule has 7 heteroatoms. The van der Waals surface area contributed by atoms with Crippen LogP contribution in [0.1, 0.15) is 49.0 Å². The second-order valence-electron chi connectivity index (χ2n) is 8.33. The van der Waals surface area contributed by atoms with E-state index in [-0.39, 0.29) is 18.9 Å². The molecule has 1 aliphatic heterocycles. The van der Waals surface area contributed by atoms with Gasteiger partial charge in [-0.3, -0.25) is 14.3 Å². The number of carboxylic acids is 1. The predicted molar refractivity (Wildman–Crippen MR) is 108 cm³/mol. The van der Waals surface area contributed by atoms with E-state index in [1.165, 1.54) is 0 Å². The van der Waals surface area contributed by atoms with Gasteiger partial charge in [0.2, 0.25) is 0 Å². The first kappa shape index (κ1) is 21.0. The number of piperidine rings is 1. The fourth-order valence-electron chi connectivity index (χ4n) is 3.93. The van der Waals surface area contributed by atoms with Crippen LogP contribution in [-0.4, -0.2) is 56.0 Å². The lowest BCUT2D eigenvalue weighted by atomic mass is 9.72. The summed E-state index contributed by atoms with van der Waals surface area (Å²) in [5.41, 5.74) is 0.153. The zero-order chi connectivity index (χ0) is 21.0. The number of carbonyl (C=O) groups is 2. The monoisotopic (exact) mass is 399 g/mol. The third-order valence-corrected chi connectivity index (χ3v) is 5.74. The Kier molecular flexibility index (Phi) is 6.37. The van der Waals surface area contributed by atoms with E-state index in [9.17, 15) is 19.8 Å². The second kappa shape index (κ2) is 8.78. The number of nitrogens with zero attached hydrogens (tertiary/aromatic N) is 3. The first-order valence-corrected chi connectivity index (χ1v) is 10.1. The minimum Gasteiger partial charge on any atom is -0.481 e. The fraction of sp³-hybridized carbons (Fsp3) is 0.500. The Hall–Kier alpha value is -2.67. The quantitative estimate of drug-likeness (QED) is 0.746. The molecule has 0 bridgehead atoms. The SMILES string of the molecule is CC(C)CC[C@@]1(C(=O)O)CN(C(=O)c2cccc(Cn3cccn3)c2)CC[C@H]1O. The van der Waals surface area contributed by atoms with Crippen molar-refractivity contribution in [1.82, 2.24) is 14.7 Å². The Balaban J connectivity index is 1.79. The number of carbonyl (C=O) groups excluding carboxylic acids is 1. The maximum Gasteiger partial charge on any atom is 0.314 e. The highest BCUT2D eigenvalue weighted by molar-refractivity contribution is 5.95. The molecule has 29 heavy (non-hydrogen) atoms. The second-order valence-corrected chi connectivity index (χ2v) is 8.33. The van der Waals surface area contributed by atoms with Gasteiger partial charge in [-0.1, -0.05) is 26.0 Å². The number of rotatable bonds is 7. The van der Waals surface area contributed by atoms with Gasteiger partial charge in [-0.25, -0.2) is 0 Å². The fourth-order valence-corrected chi connectivity index (χ4v) is 3.93. The average molecular weight is 399 g/mol. The lowest BCUT2D eigenvalue weighted by molar-refractivity contribution is -0.163. The number of hydrogen-bond acceptors (Lipinski definition) is 4. The first-order chi connectivity index (χ1) is 13.8. The molecule has 2 N–H and O–H groups in total. The maximum atomic E-state index is 13.1. The summed E-state index contributed by atoms with van der Waals surface area (Å²) in [5.74, 6) is -0.909. The highest BCUT2D eigenvalue weighted by atomic mass is 16.4. The van der Waals surface area contributed by atoms with Crippen LogP contribution in [0.5, 0.6) is 0 Å². The molecular formula is C22H29N3O4. The molecule has 1 saturated heterocycles. The van der Waals surface area contributed by atoms with Crippen LogP contribution in [0.15, 0.2) is 42.7 Å². The molecule has 1 aromatic carbocycles. The molecule has 0 radical (unpaired) electrons. The molecule has 156 valence electrons. The third-order valence-electron chi connectivity index (χ3n) is 5.74. The van der Waals surface area contributed by atoms with Gasteiger partial charge in [0.1, 0.15) is 5.41 Å². The summed E-state index contributed by atoms with van der Waals surface area (Å²) in [6.07, 6.45) is 3.92. The zero-order valence-corrected chi connectivity index (χ0v) is 17.0. The largest absolute Gasteiger partial charge is 0.481 e. The number of aromatic nitrogens is 2. The number of benzene rings is 1. The van der Waals surface area contributed by atoms with Crippen LogP contribution in [-0.2, 0) is 11.3 Å². The van der Waals surface area contributed by atoms with Crippen molar-refractivity contribution < 1.29 is 19.8 Å². The van der Waals surface area contributed by atoms with Gasteiger partial charge in [-0.05, 0) is 48.9 Å². The standard InChI is InChI=1S/C22H29N3O4/c1-16(2)7-9-22(21(28)29)15-24(12-8-19(22)26)20(27)18-6-3-5-17(13-18)14-25-11-4-10-23-25/h3-6,10-11,13,16,19,26H,7-9,12,14-15H2,1-2H3,(H,28,29)/t19-,22-/m1/s1. The predicted octanol–water partition coefficient (Wildman–Crippen LogP) is 2.65. The van der Waals surface area contributed by atoms with Crippen LogP contribution in [0.4, 0.5) is 0 Å². The van der Waals surface area contributed by atoms with E-state index < -0.39 is 17.5 Å². The Bertz CT molecular complexity index is 850. The highest BCUT2D eigenvalue weighted by Gasteiger charge is 2.49. The Morgan fingerprint density at radius 2 is 2.10 bits per heavy atom. The van der Waals surface area contributed by atoms with Gasteiger partial charge in [0.05, 0.1) is 12.6 Å². The molecule has 2 heterocycles. The van der Waals surface area contributed by atoms with E-state index in [0.29, 0.717) is 37.4 Å². The summed E-state index contributed by atoms with van der Waals surface area (Å²) in [4.78, 5) is 26.8. The van der Waals surface area contributed by atoms with E-state index >= 15 is 0 Å². The summed E-state index contributed by atoms with van der Waals surface area (Å²) in [5, 5.41) is 24.6. The minimum absolute atomic E-state index is 0.0262. The van der Waals surface area contributed by atoms with Crippen LogP contribution in [0.2, 0.25) is 0 Å². The van der Waals surface area contributed by atoms with Gasteiger partial charge in [0.25, 0.3) is 5.91 Å². The van der Waals surface area contributed by atoms with Crippen molar-refractivity contribution >= 4 is 11.9 Å². The smallest absolute Gasteiger partial charge is 0.314 e. The van der Waals surface area contributed by atoms with Crippen molar-refractivity contribution in [1.29, 1.82) is 0 Å². The number of hydrogen-bond donors (Lipinski definition) is 2. The van der Waals surface area contributed by atoms with Crippen LogP contribution >= 0.6 is 0 Å². The molecule has 3 rings (SSSR count). The van der Waals surface area contributed by atoms with Crippen LogP contribution in [0.25, 0.3) is 0 Å². The molecule has 0 unspecified atom stereocenters. The molecule has 7 nitrogen and oxygen atoms in total. The maximum absolute atomic E-state index is 13.1. The van der Waals surface area contributed by atoms with E-state index in [4.69, 9.17) is 0 Å². The molecule has 0 spiro atoms. The van der Waals surface area contributed by atoms with Crippen LogP contribution in [0, 0.1) is 11.3 Å². The topological polar surface area (TPSA) is 95.7 Å². The Labute approximate surface area is 171 Å². The van der Waals surface area contributed by atoms with E-state index in [2.05, 4.69) is 5.10 Å². The van der Waals surface area contributed by atoms with E-state index in [1.807, 2.05) is 44.3 Å².